The minimum absolute atomic E-state index is 0. The molecule has 0 radical (unpaired) electrons. The number of pyridine rings is 2. The number of nitrogens with zero attached hydrogens (tertiary/aromatic N) is 15. The standard InChI is InChI=1S/C26H23BrFN7O4.C16H14N4O4.C16H14N4O3.C10H11BrFN3O.CHCl3.2CH4.ClH.S3.S2.H2S/c1-14(36)25-19-8-16(17-10-29-15(2)35(39)11-17)6-7-20(19)34(32-25)13-24(37)33-12-18(28)9-21(33)26(38)31-23-5-3-4-22(27)30-23;1-9(21)16-13-5-11(12-6-17-10(2)20(24)7-12)3-4-14(13)19(18-16)8-15(22)23;1-9(21)16-13-5-11(12-6-17-10(2)18-7-12)3-4-14(13)20(19-16)8-15(22)23;11-8-2-1-3-9(14-8)15-10(16)7-4-6(12)5-13-7;2-1(3)4;;;;1-3-2;1-2;/h3-8,10-11,18,21H,9,12-13H2,1-2H3,(H,30,31,38);3-7H,8H2,1-2H3,(H,22,23);3-7H,8H2,1-2H3,(H,22,23);1-3,6-7,13H,4-5H2,(H,14,15,16);1H;2*1H4;1H;;;1H2/t18-,21+;;;6-,7+;;;;;;;/m1..1......./s1. The van der Waals surface area contributed by atoms with Gasteiger partial charge < -0.3 is 41.5 Å². The summed E-state index contributed by atoms with van der Waals surface area (Å²) in [6.07, 6.45) is 7.11. The Morgan fingerprint density at radius 3 is 1.30 bits per heavy atom. The van der Waals surface area contributed by atoms with E-state index in [2.05, 4.69) is 138 Å². The quantitative estimate of drug-likeness (QED) is 0.0197. The van der Waals surface area contributed by atoms with E-state index in [0.29, 0.717) is 96.9 Å². The molecule has 11 aromatic rings. The number of ketones is 3. The number of carbonyl (C=O) groups excluding carboxylic acids is 6. The Morgan fingerprint density at radius 1 is 0.591 bits per heavy atom. The molecule has 3 aromatic carbocycles. The molecule has 3 amide bonds. The first kappa shape index (κ1) is 100. The van der Waals surface area contributed by atoms with Crippen LogP contribution in [0.15, 0.2) is 137 Å². The highest BCUT2D eigenvalue weighted by molar-refractivity contribution is 9.10. The number of carboxylic acid groups (broad SMARTS) is 2. The zero-order valence-electron chi connectivity index (χ0n) is 59.7. The summed E-state index contributed by atoms with van der Waals surface area (Å²) in [4.78, 5) is 122. The molecule has 30 nitrogen and oxygen atoms in total. The van der Waals surface area contributed by atoms with Gasteiger partial charge in [0, 0.05) is 142 Å². The first-order chi connectivity index (χ1) is 52.7. The molecule has 2 aliphatic heterocycles. The minimum atomic E-state index is -1.36. The fourth-order valence-corrected chi connectivity index (χ4v) is 11.7. The molecule has 44 heteroatoms. The number of hydrogen-bond acceptors (Lipinski definition) is 24. The highest BCUT2D eigenvalue weighted by atomic mass is 79.9. The van der Waals surface area contributed by atoms with Crippen molar-refractivity contribution >= 4 is 238 Å². The molecule has 115 heavy (non-hydrogen) atoms. The van der Waals surface area contributed by atoms with Gasteiger partial charge in [0.2, 0.25) is 17.7 Å². The number of aryl methyl sites for hydroxylation is 3. The Balaban J connectivity index is 0.000000394. The molecular weight excluding hydrogens is 1830 g/mol. The molecular formula is C71H74Br2Cl4F2N18O12S6. The number of nitrogens with one attached hydrogen (secondary N) is 3. The molecule has 0 spiro atoms. The van der Waals surface area contributed by atoms with Crippen molar-refractivity contribution in [2.75, 3.05) is 23.7 Å². The highest BCUT2D eigenvalue weighted by Crippen LogP contribution is 2.31. The summed E-state index contributed by atoms with van der Waals surface area (Å²) in [5.74, 6) is -2.11. The Hall–Kier alpha value is -9.04. The van der Waals surface area contributed by atoms with Gasteiger partial charge in [-0.15, -0.1) is 12.4 Å². The van der Waals surface area contributed by atoms with Crippen molar-refractivity contribution in [1.29, 1.82) is 0 Å². The monoisotopic (exact) mass is 1900 g/mol. The summed E-state index contributed by atoms with van der Waals surface area (Å²) >= 11 is 36.4. The van der Waals surface area contributed by atoms with Gasteiger partial charge in [0.05, 0.1) is 40.3 Å². The number of aliphatic carboxylic acids is 2. The fraction of sp³-hybridized carbons (Fsp3) is 0.282. The number of carbonyl (C=O) groups is 8. The number of halogens is 8. The van der Waals surface area contributed by atoms with Crippen LogP contribution in [-0.4, -0.2) is 163 Å². The van der Waals surface area contributed by atoms with Crippen molar-refractivity contribution < 1.29 is 66.8 Å². The average molecular weight is 1900 g/mol. The largest absolute Gasteiger partial charge is 0.711 e. The van der Waals surface area contributed by atoms with E-state index in [1.54, 1.807) is 124 Å². The van der Waals surface area contributed by atoms with Crippen LogP contribution in [0.1, 0.15) is 97.4 Å². The predicted octanol–water partition coefficient (Wildman–Crippen LogP) is 11.7. The first-order valence-electron chi connectivity index (χ1n) is 32.3. The summed E-state index contributed by atoms with van der Waals surface area (Å²) in [6, 6.07) is 24.4. The van der Waals surface area contributed by atoms with E-state index >= 15 is 0 Å². The molecule has 13 rings (SSSR count). The molecule has 2 fully saturated rings. The van der Waals surface area contributed by atoms with Gasteiger partial charge in [-0.05, 0) is 116 Å². The number of anilines is 2. The predicted molar refractivity (Wildman–Crippen MR) is 461 cm³/mol. The Kier molecular flexibility index (Phi) is 41.1. The van der Waals surface area contributed by atoms with Crippen LogP contribution in [0.4, 0.5) is 20.4 Å². The fourth-order valence-electron chi connectivity index (χ4n) is 11.1. The van der Waals surface area contributed by atoms with Crippen LogP contribution in [0.3, 0.4) is 0 Å². The van der Waals surface area contributed by atoms with Crippen LogP contribution < -0.4 is 25.4 Å². The number of alkyl halides is 5. The van der Waals surface area contributed by atoms with E-state index in [0.717, 1.165) is 20.0 Å². The average Bonchev–Trinajstić information content (AvgIpc) is 1.61. The summed E-state index contributed by atoms with van der Waals surface area (Å²) < 4.78 is 33.0. The van der Waals surface area contributed by atoms with E-state index in [-0.39, 0.29) is 132 Å². The minimum Gasteiger partial charge on any atom is -0.711 e. The Bertz CT molecular complexity index is 5350. The van der Waals surface area contributed by atoms with Gasteiger partial charge in [0.1, 0.15) is 94.2 Å². The molecule has 2 saturated heterocycles. The smallest absolute Gasteiger partial charge is 0.325 e. The van der Waals surface area contributed by atoms with E-state index < -0.39 is 52.5 Å². The van der Waals surface area contributed by atoms with Gasteiger partial charge in [-0.3, -0.25) is 52.4 Å². The van der Waals surface area contributed by atoms with Crippen molar-refractivity contribution in [2.45, 2.75) is 118 Å². The third-order valence-electron chi connectivity index (χ3n) is 16.0. The lowest BCUT2D eigenvalue weighted by molar-refractivity contribution is -0.615. The second kappa shape index (κ2) is 47.2. The molecule has 0 unspecified atom stereocenters. The Morgan fingerprint density at radius 2 is 0.957 bits per heavy atom. The number of aromatic nitrogens is 14. The van der Waals surface area contributed by atoms with Gasteiger partial charge in [-0.2, -0.15) is 28.8 Å². The molecule has 2 aliphatic rings. The van der Waals surface area contributed by atoms with Crippen molar-refractivity contribution in [2.24, 2.45) is 0 Å². The third kappa shape index (κ3) is 28.1. The zero-order chi connectivity index (χ0) is 81.7. The van der Waals surface area contributed by atoms with Crippen LogP contribution in [0, 0.1) is 31.2 Å². The number of fused-ring (bicyclic) bond motifs is 3. The van der Waals surface area contributed by atoms with E-state index in [1.807, 2.05) is 12.1 Å². The molecule has 5 N–H and O–H groups in total. The summed E-state index contributed by atoms with van der Waals surface area (Å²) in [5, 5.41) is 64.0. The van der Waals surface area contributed by atoms with Gasteiger partial charge >= 0.3 is 11.9 Å². The number of likely N-dealkylation sites (tertiary alicyclic amines) is 1. The topological polar surface area (TPSA) is 401 Å². The molecule has 0 bridgehead atoms. The summed E-state index contributed by atoms with van der Waals surface area (Å²) in [6.45, 7) is 8.21. The second-order valence-electron chi connectivity index (χ2n) is 23.8. The molecule has 8 aromatic heterocycles. The molecule has 0 saturated carbocycles. The van der Waals surface area contributed by atoms with Gasteiger partial charge in [-0.25, -0.2) is 38.2 Å². The maximum atomic E-state index is 14.4. The van der Waals surface area contributed by atoms with Gasteiger partial charge in [0.15, 0.2) is 34.0 Å². The molecule has 4 atom stereocenters. The highest BCUT2D eigenvalue weighted by Gasteiger charge is 2.40. The maximum Gasteiger partial charge on any atom is 0.325 e. The number of Topliss-reactive ketones (excluding diaryl/α,β-unsaturated/α-hetero) is 3. The summed E-state index contributed by atoms with van der Waals surface area (Å²) in [7, 11) is 0.917. The summed E-state index contributed by atoms with van der Waals surface area (Å²) in [5.41, 5.74) is 6.40. The molecule has 0 aliphatic carbocycles. The van der Waals surface area contributed by atoms with E-state index in [9.17, 15) is 57.6 Å². The molecule has 10 heterocycles. The van der Waals surface area contributed by atoms with Crippen molar-refractivity contribution in [3.8, 4) is 33.4 Å². The SMILES string of the molecule is C.C.CC(=O)c1nn(CC(=O)N2C[C@H](F)C[C@H]2C(=O)Nc2cccc(Br)n2)c2ccc(-c3cnc(C)[n+]([O-])c3)cc12.CC(=O)c1nn(CC(=O)O)c2ccc(-c3cnc(C)[n+]([O-])c3)cc12.CC(=O)c1nn(CC(=O)O)c2ccc(-c3cnc(C)nc3)cc12.Cl.ClC(Cl)Cl.O=C(Nc1cccc(Br)n1)[C@@H]1C[C@@H](F)CN1.S.S=S.S=S=S. The van der Waals surface area contributed by atoms with Gasteiger partial charge in [-0.1, -0.05) is 90.0 Å². The zero-order valence-corrected chi connectivity index (χ0v) is 71.1. The van der Waals surface area contributed by atoms with Crippen LogP contribution in [0.5, 0.6) is 0 Å². The van der Waals surface area contributed by atoms with Crippen LogP contribution in [-0.2, 0) is 97.2 Å². The lowest BCUT2D eigenvalue weighted by Gasteiger charge is -2.23. The van der Waals surface area contributed by atoms with Crippen molar-refractivity contribution in [3.05, 3.63) is 182 Å². The normalized spacial score (nSPS) is 14.1. The van der Waals surface area contributed by atoms with Gasteiger partial charge in [0.25, 0.3) is 11.6 Å². The third-order valence-corrected chi connectivity index (χ3v) is 16.9. The maximum absolute atomic E-state index is 14.4. The second-order valence-corrected chi connectivity index (χ2v) is 29.2. The molecule has 612 valence electrons. The lowest BCUT2D eigenvalue weighted by Crippen LogP contribution is -2.44. The first-order valence-corrected chi connectivity index (χ1v) is 39.2. The van der Waals surface area contributed by atoms with E-state index in [4.69, 9.17) is 45.0 Å². The number of hydrogen-bond donors (Lipinski definition) is 5. The number of carboxylic acids is 2. The van der Waals surface area contributed by atoms with Crippen LogP contribution in [0.25, 0.3) is 66.1 Å². The Labute approximate surface area is 724 Å². The van der Waals surface area contributed by atoms with Crippen molar-refractivity contribution in [3.63, 3.8) is 0 Å². The number of benzene rings is 3. The lowest BCUT2D eigenvalue weighted by atomic mass is 10.0. The number of rotatable bonds is 16. The number of amides is 3. The van der Waals surface area contributed by atoms with E-state index in [1.165, 1.54) is 52.1 Å². The van der Waals surface area contributed by atoms with Crippen molar-refractivity contribution in [1.82, 2.24) is 69.5 Å². The van der Waals surface area contributed by atoms with Crippen LogP contribution >= 0.6 is 92.6 Å². The van der Waals surface area contributed by atoms with Crippen LogP contribution in [0.2, 0.25) is 0 Å².